The van der Waals surface area contributed by atoms with Crippen molar-refractivity contribution in [1.82, 2.24) is 5.43 Å². The summed E-state index contributed by atoms with van der Waals surface area (Å²) in [6.07, 6.45) is 1.16. The number of nitro benzene ring substituents is 1. The predicted molar refractivity (Wildman–Crippen MR) is 117 cm³/mol. The molecule has 0 radical (unpaired) electrons. The summed E-state index contributed by atoms with van der Waals surface area (Å²) in [5.41, 5.74) is 3.39. The fourth-order valence-electron chi connectivity index (χ4n) is 2.64. The van der Waals surface area contributed by atoms with E-state index >= 15 is 0 Å². The lowest BCUT2D eigenvalue weighted by atomic mass is 10.2. The van der Waals surface area contributed by atoms with Crippen molar-refractivity contribution in [3.63, 3.8) is 0 Å². The fraction of sp³-hybridized carbons (Fsp3) is 0.0870. The van der Waals surface area contributed by atoms with E-state index in [9.17, 15) is 19.7 Å². The summed E-state index contributed by atoms with van der Waals surface area (Å²) in [7, 11) is 0. The van der Waals surface area contributed by atoms with Gasteiger partial charge in [-0.25, -0.2) is 10.2 Å². The maximum absolute atomic E-state index is 12.3. The van der Waals surface area contributed by atoms with Crippen molar-refractivity contribution in [2.45, 2.75) is 6.92 Å². The molecule has 0 aromatic heterocycles. The normalized spacial score (nSPS) is 10.5. The zero-order valence-electron chi connectivity index (χ0n) is 17.1. The lowest BCUT2D eigenvalue weighted by Gasteiger charge is -2.08. The molecule has 9 heteroatoms. The Labute approximate surface area is 183 Å². The number of carbonyl (C=O) groups excluding carboxylic acids is 2. The van der Waals surface area contributed by atoms with Gasteiger partial charge in [0.15, 0.2) is 6.61 Å². The van der Waals surface area contributed by atoms with Crippen molar-refractivity contribution in [2.24, 2.45) is 5.10 Å². The van der Waals surface area contributed by atoms with Crippen molar-refractivity contribution >= 4 is 23.8 Å². The van der Waals surface area contributed by atoms with Crippen LogP contribution in [0.25, 0.3) is 0 Å². The molecule has 0 aliphatic heterocycles. The molecule has 0 unspecified atom stereocenters. The molecule has 0 aliphatic rings. The van der Waals surface area contributed by atoms with Crippen LogP contribution in [0.1, 0.15) is 21.5 Å². The first-order valence-electron chi connectivity index (χ1n) is 9.50. The van der Waals surface area contributed by atoms with Crippen LogP contribution in [0.2, 0.25) is 0 Å². The van der Waals surface area contributed by atoms with Gasteiger partial charge in [-0.1, -0.05) is 36.4 Å². The van der Waals surface area contributed by atoms with Gasteiger partial charge in [-0.05, 0) is 36.8 Å². The highest BCUT2D eigenvalue weighted by atomic mass is 16.6. The molecule has 0 atom stereocenters. The van der Waals surface area contributed by atoms with Gasteiger partial charge in [0.05, 0.1) is 16.7 Å². The summed E-state index contributed by atoms with van der Waals surface area (Å²) in [5.74, 6) is -0.540. The summed E-state index contributed by atoms with van der Waals surface area (Å²) < 4.78 is 10.8. The number of rotatable bonds is 8. The number of ether oxygens (including phenoxy) is 2. The number of benzene rings is 3. The minimum absolute atomic E-state index is 0.0543. The van der Waals surface area contributed by atoms with Crippen LogP contribution in [0, 0.1) is 17.0 Å². The van der Waals surface area contributed by atoms with Gasteiger partial charge in [-0.3, -0.25) is 14.9 Å². The highest BCUT2D eigenvalue weighted by molar-refractivity contribution is 5.93. The van der Waals surface area contributed by atoms with Crippen LogP contribution in [0.3, 0.4) is 0 Å². The molecular formula is C23H19N3O6. The Balaban J connectivity index is 1.69. The molecule has 1 N–H and O–H groups in total. The monoisotopic (exact) mass is 433 g/mol. The number of nitro groups is 1. The predicted octanol–water partition coefficient (Wildman–Crippen LogP) is 3.65. The standard InChI is InChI=1S/C23H19N3O6/c1-16-7-5-6-10-20(16)31-15-22(27)25-24-14-18-13-19(26(29)30)11-12-21(18)32-23(28)17-8-3-2-4-9-17/h2-14H,15H2,1H3,(H,25,27). The topological polar surface area (TPSA) is 120 Å². The molecule has 162 valence electrons. The molecular weight excluding hydrogens is 414 g/mol. The van der Waals surface area contributed by atoms with E-state index in [-0.39, 0.29) is 23.6 Å². The number of non-ortho nitro benzene ring substituents is 1. The van der Waals surface area contributed by atoms with E-state index in [4.69, 9.17) is 9.47 Å². The molecule has 0 fully saturated rings. The average molecular weight is 433 g/mol. The SMILES string of the molecule is Cc1ccccc1OCC(=O)NN=Cc1cc([N+](=O)[O-])ccc1OC(=O)c1ccccc1. The van der Waals surface area contributed by atoms with Crippen molar-refractivity contribution < 1.29 is 24.0 Å². The molecule has 0 bridgehead atoms. The third-order valence-electron chi connectivity index (χ3n) is 4.26. The van der Waals surface area contributed by atoms with E-state index < -0.39 is 16.8 Å². The van der Waals surface area contributed by atoms with Crippen molar-refractivity contribution in [2.75, 3.05) is 6.61 Å². The Hall–Kier alpha value is -4.53. The van der Waals surface area contributed by atoms with Gasteiger partial charge in [0.25, 0.3) is 11.6 Å². The summed E-state index contributed by atoms with van der Waals surface area (Å²) in [5, 5.41) is 14.9. The van der Waals surface area contributed by atoms with Crippen LogP contribution in [-0.4, -0.2) is 29.6 Å². The molecule has 0 spiro atoms. The zero-order valence-corrected chi connectivity index (χ0v) is 17.1. The lowest BCUT2D eigenvalue weighted by Crippen LogP contribution is -2.24. The third-order valence-corrected chi connectivity index (χ3v) is 4.26. The number of amides is 1. The number of para-hydroxylation sites is 1. The second-order valence-electron chi connectivity index (χ2n) is 6.58. The van der Waals surface area contributed by atoms with Crippen LogP contribution in [-0.2, 0) is 4.79 Å². The quantitative estimate of drug-likeness (QED) is 0.190. The van der Waals surface area contributed by atoms with Crippen LogP contribution in [0.4, 0.5) is 5.69 Å². The van der Waals surface area contributed by atoms with Crippen LogP contribution < -0.4 is 14.9 Å². The lowest BCUT2D eigenvalue weighted by molar-refractivity contribution is -0.384. The van der Waals surface area contributed by atoms with Gasteiger partial charge in [0.2, 0.25) is 0 Å². The van der Waals surface area contributed by atoms with Gasteiger partial charge < -0.3 is 9.47 Å². The van der Waals surface area contributed by atoms with Gasteiger partial charge in [0.1, 0.15) is 11.5 Å². The summed E-state index contributed by atoms with van der Waals surface area (Å²) in [6.45, 7) is 1.58. The van der Waals surface area contributed by atoms with Gasteiger partial charge >= 0.3 is 5.97 Å². The molecule has 0 saturated carbocycles. The van der Waals surface area contributed by atoms with E-state index in [1.54, 1.807) is 42.5 Å². The van der Waals surface area contributed by atoms with Crippen molar-refractivity contribution in [3.8, 4) is 11.5 Å². The summed E-state index contributed by atoms with van der Waals surface area (Å²) in [4.78, 5) is 34.8. The third kappa shape index (κ3) is 5.99. The van der Waals surface area contributed by atoms with Crippen molar-refractivity contribution in [3.05, 3.63) is 99.6 Å². The number of aryl methyl sites for hydroxylation is 1. The molecule has 0 heterocycles. The number of hydrogen-bond donors (Lipinski definition) is 1. The number of carbonyl (C=O) groups is 2. The fourth-order valence-corrected chi connectivity index (χ4v) is 2.64. The largest absolute Gasteiger partial charge is 0.483 e. The highest BCUT2D eigenvalue weighted by Gasteiger charge is 2.15. The second-order valence-corrected chi connectivity index (χ2v) is 6.58. The molecule has 3 aromatic rings. The van der Waals surface area contributed by atoms with Gasteiger partial charge in [-0.2, -0.15) is 5.10 Å². The highest BCUT2D eigenvalue weighted by Crippen LogP contribution is 2.24. The molecule has 0 aliphatic carbocycles. The Morgan fingerprint density at radius 1 is 1.03 bits per heavy atom. The smallest absolute Gasteiger partial charge is 0.343 e. The summed E-state index contributed by atoms with van der Waals surface area (Å²) in [6, 6.07) is 19.2. The van der Waals surface area contributed by atoms with Crippen molar-refractivity contribution in [1.29, 1.82) is 0 Å². The maximum atomic E-state index is 12.3. The number of nitrogens with one attached hydrogen (secondary N) is 1. The first-order valence-corrected chi connectivity index (χ1v) is 9.50. The number of esters is 1. The molecule has 3 aromatic carbocycles. The minimum atomic E-state index is -0.634. The van der Waals surface area contributed by atoms with E-state index in [0.717, 1.165) is 11.8 Å². The first kappa shape index (κ1) is 22.2. The Morgan fingerprint density at radius 3 is 2.47 bits per heavy atom. The Bertz CT molecular complexity index is 1160. The van der Waals surface area contributed by atoms with Crippen LogP contribution in [0.15, 0.2) is 77.9 Å². The molecule has 1 amide bonds. The number of nitrogens with zero attached hydrogens (tertiary/aromatic N) is 2. The molecule has 0 saturated heterocycles. The molecule has 9 nitrogen and oxygen atoms in total. The number of hydrazone groups is 1. The Kier molecular flexibility index (Phi) is 7.26. The molecule has 32 heavy (non-hydrogen) atoms. The number of hydrogen-bond acceptors (Lipinski definition) is 7. The first-order chi connectivity index (χ1) is 15.4. The van der Waals surface area contributed by atoms with E-state index in [1.807, 2.05) is 19.1 Å². The Morgan fingerprint density at radius 2 is 1.75 bits per heavy atom. The van der Waals surface area contributed by atoms with Gasteiger partial charge in [0, 0.05) is 17.7 Å². The van der Waals surface area contributed by atoms with Crippen LogP contribution >= 0.6 is 0 Å². The van der Waals surface area contributed by atoms with E-state index in [0.29, 0.717) is 11.3 Å². The zero-order chi connectivity index (χ0) is 22.9. The second kappa shape index (κ2) is 10.5. The van der Waals surface area contributed by atoms with Gasteiger partial charge in [-0.15, -0.1) is 0 Å². The maximum Gasteiger partial charge on any atom is 0.343 e. The minimum Gasteiger partial charge on any atom is -0.483 e. The van der Waals surface area contributed by atoms with E-state index in [2.05, 4.69) is 10.5 Å². The van der Waals surface area contributed by atoms with E-state index in [1.165, 1.54) is 18.2 Å². The molecule has 3 rings (SSSR count). The summed E-state index contributed by atoms with van der Waals surface area (Å²) >= 11 is 0. The average Bonchev–Trinajstić information content (AvgIpc) is 2.80. The van der Waals surface area contributed by atoms with Crippen LogP contribution in [0.5, 0.6) is 11.5 Å².